The van der Waals surface area contributed by atoms with Gasteiger partial charge in [0.15, 0.2) is 0 Å². The van der Waals surface area contributed by atoms with Crippen LogP contribution in [0.2, 0.25) is 0 Å². The van der Waals surface area contributed by atoms with Crippen molar-refractivity contribution in [3.63, 3.8) is 0 Å². The predicted octanol–water partition coefficient (Wildman–Crippen LogP) is 4.32. The van der Waals surface area contributed by atoms with Crippen LogP contribution in [0.15, 0.2) is 53.0 Å². The molecule has 0 fully saturated rings. The van der Waals surface area contributed by atoms with Gasteiger partial charge in [-0.05, 0) is 49.4 Å². The largest absolute Gasteiger partial charge is 0.494 e. The molecule has 0 aliphatic rings. The Balaban J connectivity index is 1.54. The van der Waals surface area contributed by atoms with Crippen LogP contribution in [-0.2, 0) is 4.74 Å². The molecule has 0 atom stereocenters. The van der Waals surface area contributed by atoms with Gasteiger partial charge in [-0.15, -0.1) is 0 Å². The fourth-order valence-corrected chi connectivity index (χ4v) is 2.27. The highest BCUT2D eigenvalue weighted by Crippen LogP contribution is 2.18. The summed E-state index contributed by atoms with van der Waals surface area (Å²) in [5.41, 5.74) is 0. The Hall–Kier alpha value is -1.72. The normalized spacial score (nSPS) is 10.3. The Morgan fingerprint density at radius 1 is 0.739 bits per heavy atom. The van der Waals surface area contributed by atoms with Gasteiger partial charge in [-0.3, -0.25) is 0 Å². The van der Waals surface area contributed by atoms with Crippen LogP contribution in [0.4, 0.5) is 0 Å². The molecule has 0 spiro atoms. The molecule has 2 aromatic carbocycles. The van der Waals surface area contributed by atoms with Gasteiger partial charge in [0.2, 0.25) is 0 Å². The van der Waals surface area contributed by atoms with E-state index in [4.69, 9.17) is 18.9 Å². The van der Waals surface area contributed by atoms with Crippen LogP contribution in [-0.4, -0.2) is 33.0 Å². The fraction of sp³-hybridized carbons (Fsp3) is 0.333. The molecule has 124 valence electrons. The lowest BCUT2D eigenvalue weighted by molar-refractivity contribution is 0.0764. The first-order valence-electron chi connectivity index (χ1n) is 7.59. The summed E-state index contributed by atoms with van der Waals surface area (Å²) < 4.78 is 23.0. The Bertz CT molecular complexity index is 571. The maximum absolute atomic E-state index is 5.59. The van der Waals surface area contributed by atoms with Gasteiger partial charge < -0.3 is 18.9 Å². The first kappa shape index (κ1) is 17.6. The third-order valence-electron chi connectivity index (χ3n) is 2.92. The Kier molecular flexibility index (Phi) is 7.77. The molecule has 0 unspecified atom stereocenters. The van der Waals surface area contributed by atoms with E-state index in [9.17, 15) is 0 Å². The lowest BCUT2D eigenvalue weighted by Gasteiger charge is -2.09. The van der Waals surface area contributed by atoms with Crippen molar-refractivity contribution in [2.75, 3.05) is 33.0 Å². The van der Waals surface area contributed by atoms with E-state index in [1.54, 1.807) is 0 Å². The number of rotatable bonds is 10. The van der Waals surface area contributed by atoms with Gasteiger partial charge in [-0.2, -0.15) is 0 Å². The maximum atomic E-state index is 5.59. The molecule has 0 saturated carbocycles. The first-order valence-corrected chi connectivity index (χ1v) is 8.39. The third kappa shape index (κ3) is 6.93. The summed E-state index contributed by atoms with van der Waals surface area (Å²) in [4.78, 5) is 0. The molecule has 4 nitrogen and oxygen atoms in total. The first-order chi connectivity index (χ1) is 11.3. The zero-order valence-corrected chi connectivity index (χ0v) is 14.8. The molecule has 2 aromatic rings. The number of hydrogen-bond acceptors (Lipinski definition) is 4. The van der Waals surface area contributed by atoms with Crippen LogP contribution in [0.1, 0.15) is 6.92 Å². The van der Waals surface area contributed by atoms with E-state index < -0.39 is 0 Å². The van der Waals surface area contributed by atoms with Crippen LogP contribution in [0.5, 0.6) is 17.2 Å². The second-order valence-electron chi connectivity index (χ2n) is 4.67. The van der Waals surface area contributed by atoms with Crippen molar-refractivity contribution in [1.82, 2.24) is 0 Å². The van der Waals surface area contributed by atoms with E-state index in [0.29, 0.717) is 33.0 Å². The van der Waals surface area contributed by atoms with Gasteiger partial charge >= 0.3 is 0 Å². The molecule has 0 aliphatic carbocycles. The second kappa shape index (κ2) is 10.1. The van der Waals surface area contributed by atoms with Gasteiger partial charge in [0.05, 0.1) is 19.8 Å². The summed E-state index contributed by atoms with van der Waals surface area (Å²) in [5, 5.41) is 0. The highest BCUT2D eigenvalue weighted by molar-refractivity contribution is 9.10. The molecule has 0 saturated heterocycles. The van der Waals surface area contributed by atoms with E-state index in [1.807, 2.05) is 55.5 Å². The van der Waals surface area contributed by atoms with E-state index in [1.165, 1.54) is 0 Å². The van der Waals surface area contributed by atoms with Gasteiger partial charge in [0, 0.05) is 4.47 Å². The molecular formula is C18H21BrO4. The van der Waals surface area contributed by atoms with Crippen LogP contribution < -0.4 is 14.2 Å². The Morgan fingerprint density at radius 2 is 1.35 bits per heavy atom. The van der Waals surface area contributed by atoms with Crippen LogP contribution in [0.3, 0.4) is 0 Å². The van der Waals surface area contributed by atoms with Crippen molar-refractivity contribution >= 4 is 15.9 Å². The lowest BCUT2D eigenvalue weighted by Crippen LogP contribution is -2.12. The minimum absolute atomic E-state index is 0.505. The number of halogens is 1. The molecule has 0 bridgehead atoms. The van der Waals surface area contributed by atoms with E-state index >= 15 is 0 Å². The zero-order valence-electron chi connectivity index (χ0n) is 13.2. The van der Waals surface area contributed by atoms with Gasteiger partial charge in [-0.25, -0.2) is 0 Å². The van der Waals surface area contributed by atoms with E-state index in [-0.39, 0.29) is 0 Å². The highest BCUT2D eigenvalue weighted by atomic mass is 79.9. The van der Waals surface area contributed by atoms with E-state index in [2.05, 4.69) is 15.9 Å². The van der Waals surface area contributed by atoms with Crippen molar-refractivity contribution in [2.24, 2.45) is 0 Å². The summed E-state index contributed by atoms with van der Waals surface area (Å²) in [6.07, 6.45) is 0. The average molecular weight is 381 g/mol. The lowest BCUT2D eigenvalue weighted by atomic mass is 10.3. The van der Waals surface area contributed by atoms with Crippen molar-refractivity contribution in [3.05, 3.63) is 53.0 Å². The minimum Gasteiger partial charge on any atom is -0.494 e. The standard InChI is InChI=1S/C18H21BrO4/c1-2-21-16-6-8-17(9-7-16)22-12-10-20-11-13-23-18-5-3-4-15(19)14-18/h3-9,14H,2,10-13H2,1H3. The molecule has 0 aromatic heterocycles. The summed E-state index contributed by atoms with van der Waals surface area (Å²) in [6, 6.07) is 15.3. The van der Waals surface area contributed by atoms with Gasteiger partial charge in [0.25, 0.3) is 0 Å². The monoisotopic (exact) mass is 380 g/mol. The zero-order chi connectivity index (χ0) is 16.3. The maximum Gasteiger partial charge on any atom is 0.120 e. The second-order valence-corrected chi connectivity index (χ2v) is 5.59. The predicted molar refractivity (Wildman–Crippen MR) is 93.6 cm³/mol. The third-order valence-corrected chi connectivity index (χ3v) is 3.42. The molecule has 23 heavy (non-hydrogen) atoms. The molecular weight excluding hydrogens is 360 g/mol. The Labute approximate surface area is 145 Å². The van der Waals surface area contributed by atoms with Gasteiger partial charge in [-0.1, -0.05) is 22.0 Å². The summed E-state index contributed by atoms with van der Waals surface area (Å²) in [5.74, 6) is 2.48. The van der Waals surface area contributed by atoms with Crippen molar-refractivity contribution in [1.29, 1.82) is 0 Å². The van der Waals surface area contributed by atoms with Crippen molar-refractivity contribution in [3.8, 4) is 17.2 Å². The van der Waals surface area contributed by atoms with Crippen LogP contribution >= 0.6 is 15.9 Å². The van der Waals surface area contributed by atoms with Crippen molar-refractivity contribution < 1.29 is 18.9 Å². The SMILES string of the molecule is CCOc1ccc(OCCOCCOc2cccc(Br)c2)cc1. The number of ether oxygens (including phenoxy) is 4. The molecule has 0 heterocycles. The number of benzene rings is 2. The molecule has 0 amide bonds. The average Bonchev–Trinajstić information content (AvgIpc) is 2.56. The van der Waals surface area contributed by atoms with Crippen molar-refractivity contribution in [2.45, 2.75) is 6.92 Å². The van der Waals surface area contributed by atoms with E-state index in [0.717, 1.165) is 21.7 Å². The number of hydrogen-bond donors (Lipinski definition) is 0. The van der Waals surface area contributed by atoms with Crippen LogP contribution in [0, 0.1) is 0 Å². The fourth-order valence-electron chi connectivity index (χ4n) is 1.89. The minimum atomic E-state index is 0.505. The van der Waals surface area contributed by atoms with Gasteiger partial charge in [0.1, 0.15) is 30.5 Å². The quantitative estimate of drug-likeness (QED) is 0.575. The molecule has 5 heteroatoms. The smallest absolute Gasteiger partial charge is 0.120 e. The van der Waals surface area contributed by atoms with Crippen LogP contribution in [0.25, 0.3) is 0 Å². The Morgan fingerprint density at radius 3 is 1.96 bits per heavy atom. The highest BCUT2D eigenvalue weighted by Gasteiger charge is 1.97. The topological polar surface area (TPSA) is 36.9 Å². The molecule has 0 N–H and O–H groups in total. The summed E-state index contributed by atoms with van der Waals surface area (Å²) in [6.45, 7) is 4.69. The summed E-state index contributed by atoms with van der Waals surface area (Å²) >= 11 is 3.40. The molecule has 2 rings (SSSR count). The molecule has 0 aliphatic heterocycles. The molecule has 0 radical (unpaired) electrons. The summed E-state index contributed by atoms with van der Waals surface area (Å²) in [7, 11) is 0.